The molecule has 6 heteroatoms. The molecule has 0 saturated carbocycles. The predicted octanol–water partition coefficient (Wildman–Crippen LogP) is 4.76. The van der Waals surface area contributed by atoms with Gasteiger partial charge in [-0.3, -0.25) is 0 Å². The van der Waals surface area contributed by atoms with Crippen molar-refractivity contribution in [3.8, 4) is 17.2 Å². The van der Waals surface area contributed by atoms with Gasteiger partial charge < -0.3 is 18.6 Å². The van der Waals surface area contributed by atoms with E-state index in [1.54, 1.807) is 48.5 Å². The van der Waals surface area contributed by atoms with Crippen molar-refractivity contribution in [2.45, 2.75) is 19.8 Å². The summed E-state index contributed by atoms with van der Waals surface area (Å²) in [6.45, 7) is 2.26. The summed E-state index contributed by atoms with van der Waals surface area (Å²) < 4.78 is 22.1. The molecule has 29 heavy (non-hydrogen) atoms. The molecule has 0 N–H and O–H groups in total. The zero-order valence-corrected chi connectivity index (χ0v) is 16.3. The average molecular weight is 394 g/mol. The molecule has 0 amide bonds. The summed E-state index contributed by atoms with van der Waals surface area (Å²) in [5.41, 5.74) is -0.134. The molecule has 0 spiro atoms. The molecule has 0 unspecified atom stereocenters. The summed E-state index contributed by atoms with van der Waals surface area (Å²) in [7, 11) is 1.48. The van der Waals surface area contributed by atoms with Gasteiger partial charge in [0.1, 0.15) is 16.7 Å². The van der Waals surface area contributed by atoms with Gasteiger partial charge in [0.05, 0.1) is 19.3 Å². The van der Waals surface area contributed by atoms with Gasteiger partial charge in [-0.25, -0.2) is 9.59 Å². The Bertz CT molecular complexity index is 1070. The lowest BCUT2D eigenvalue weighted by Gasteiger charge is -2.14. The highest BCUT2D eigenvalue weighted by Gasteiger charge is 2.23. The van der Waals surface area contributed by atoms with E-state index < -0.39 is 11.6 Å². The van der Waals surface area contributed by atoms with Gasteiger partial charge in [-0.1, -0.05) is 43.3 Å². The summed E-state index contributed by atoms with van der Waals surface area (Å²) in [5.74, 6) is -0.379. The molecular formula is C23H22O6. The number of carbonyl (C=O) groups is 1. The standard InChI is InChI=1S/C23H22O6/c1-3-4-5-9-15-27-21-20(29-22(24)16-11-7-6-8-12-16)19-17(26-2)13-10-14-18(19)28-23(21)25/h4-8,10-14H,3,9,15H2,1-2H3. The topological polar surface area (TPSA) is 75.0 Å². The lowest BCUT2D eigenvalue weighted by Crippen LogP contribution is -2.15. The number of carbonyl (C=O) groups excluding carboxylic acids is 1. The Morgan fingerprint density at radius 2 is 1.83 bits per heavy atom. The lowest BCUT2D eigenvalue weighted by molar-refractivity contribution is 0.0729. The van der Waals surface area contributed by atoms with Gasteiger partial charge >= 0.3 is 11.6 Å². The second kappa shape index (κ2) is 9.59. The first-order chi connectivity index (χ1) is 14.2. The number of fused-ring (bicyclic) bond motifs is 1. The molecule has 1 aromatic heterocycles. The maximum atomic E-state index is 12.7. The van der Waals surface area contributed by atoms with Crippen LogP contribution in [0.4, 0.5) is 0 Å². The van der Waals surface area contributed by atoms with Gasteiger partial charge in [0.2, 0.25) is 5.75 Å². The van der Waals surface area contributed by atoms with Crippen LogP contribution >= 0.6 is 0 Å². The largest absolute Gasteiger partial charge is 0.496 e. The Morgan fingerprint density at radius 1 is 1.03 bits per heavy atom. The number of hydrogen-bond donors (Lipinski definition) is 0. The molecule has 150 valence electrons. The van der Waals surface area contributed by atoms with Gasteiger partial charge in [0, 0.05) is 0 Å². The SMILES string of the molecule is CCC=CCCOc1c(OC(=O)c2ccccc2)c2c(OC)cccc2oc1=O. The molecule has 0 radical (unpaired) electrons. The number of methoxy groups -OCH3 is 1. The van der Waals surface area contributed by atoms with E-state index in [1.165, 1.54) is 7.11 Å². The van der Waals surface area contributed by atoms with Crippen LogP contribution in [0.5, 0.6) is 17.2 Å². The Kier molecular flexibility index (Phi) is 6.68. The van der Waals surface area contributed by atoms with Crippen molar-refractivity contribution in [1.82, 2.24) is 0 Å². The van der Waals surface area contributed by atoms with Crippen molar-refractivity contribution in [2.24, 2.45) is 0 Å². The molecule has 3 aromatic rings. The summed E-state index contributed by atoms with van der Waals surface area (Å²) >= 11 is 0. The number of benzene rings is 2. The highest BCUT2D eigenvalue weighted by atomic mass is 16.6. The molecule has 0 fully saturated rings. The monoisotopic (exact) mass is 394 g/mol. The first kappa shape index (κ1) is 20.2. The summed E-state index contributed by atoms with van der Waals surface area (Å²) in [5, 5.41) is 0.359. The number of allylic oxidation sites excluding steroid dienone is 1. The molecule has 0 aliphatic rings. The molecule has 0 aliphatic heterocycles. The van der Waals surface area contributed by atoms with E-state index >= 15 is 0 Å². The fourth-order valence-electron chi connectivity index (χ4n) is 2.80. The third-order valence-electron chi connectivity index (χ3n) is 4.17. The molecule has 3 rings (SSSR count). The van der Waals surface area contributed by atoms with E-state index in [9.17, 15) is 9.59 Å². The van der Waals surface area contributed by atoms with Crippen molar-refractivity contribution < 1.29 is 23.4 Å². The van der Waals surface area contributed by atoms with Gasteiger partial charge in [0.15, 0.2) is 5.75 Å². The second-order valence-electron chi connectivity index (χ2n) is 6.15. The minimum Gasteiger partial charge on any atom is -0.496 e. The van der Waals surface area contributed by atoms with Crippen LogP contribution in [0.25, 0.3) is 11.0 Å². The van der Waals surface area contributed by atoms with Crippen molar-refractivity contribution in [3.05, 3.63) is 76.7 Å². The Balaban J connectivity index is 2.06. The van der Waals surface area contributed by atoms with E-state index in [1.807, 2.05) is 19.1 Å². The van der Waals surface area contributed by atoms with Gasteiger partial charge in [0.25, 0.3) is 0 Å². The third kappa shape index (κ3) is 4.66. The van der Waals surface area contributed by atoms with Crippen LogP contribution in [0.2, 0.25) is 0 Å². The predicted molar refractivity (Wildman–Crippen MR) is 110 cm³/mol. The van der Waals surface area contributed by atoms with E-state index in [4.69, 9.17) is 18.6 Å². The zero-order valence-electron chi connectivity index (χ0n) is 16.3. The molecule has 2 aromatic carbocycles. The molecular weight excluding hydrogens is 372 g/mol. The smallest absolute Gasteiger partial charge is 0.383 e. The van der Waals surface area contributed by atoms with Crippen molar-refractivity contribution in [3.63, 3.8) is 0 Å². The number of ether oxygens (including phenoxy) is 3. The quantitative estimate of drug-likeness (QED) is 0.237. The number of esters is 1. The summed E-state index contributed by atoms with van der Waals surface area (Å²) in [6.07, 6.45) is 5.48. The highest BCUT2D eigenvalue weighted by molar-refractivity contribution is 5.97. The third-order valence-corrected chi connectivity index (χ3v) is 4.17. The molecule has 0 aliphatic carbocycles. The summed E-state index contributed by atoms with van der Waals surface area (Å²) in [4.78, 5) is 25.2. The fraction of sp³-hybridized carbons (Fsp3) is 0.217. The van der Waals surface area contributed by atoms with E-state index in [0.717, 1.165) is 6.42 Å². The first-order valence-electron chi connectivity index (χ1n) is 9.34. The van der Waals surface area contributed by atoms with Crippen LogP contribution in [0.1, 0.15) is 30.1 Å². The van der Waals surface area contributed by atoms with E-state index in [0.29, 0.717) is 23.1 Å². The Morgan fingerprint density at radius 3 is 2.55 bits per heavy atom. The number of hydrogen-bond acceptors (Lipinski definition) is 6. The van der Waals surface area contributed by atoms with E-state index in [2.05, 4.69) is 0 Å². The Hall–Kier alpha value is -3.54. The molecule has 1 heterocycles. The molecule has 6 nitrogen and oxygen atoms in total. The van der Waals surface area contributed by atoms with Gasteiger partial charge in [-0.2, -0.15) is 0 Å². The van der Waals surface area contributed by atoms with Crippen LogP contribution in [0.3, 0.4) is 0 Å². The fourth-order valence-corrected chi connectivity index (χ4v) is 2.80. The maximum absolute atomic E-state index is 12.7. The number of rotatable bonds is 8. The maximum Gasteiger partial charge on any atom is 0.383 e. The van der Waals surface area contributed by atoms with Crippen molar-refractivity contribution >= 4 is 16.9 Å². The van der Waals surface area contributed by atoms with Crippen molar-refractivity contribution in [2.75, 3.05) is 13.7 Å². The van der Waals surface area contributed by atoms with Crippen LogP contribution < -0.4 is 19.8 Å². The Labute approximate surface area is 168 Å². The normalized spacial score (nSPS) is 11.0. The summed E-state index contributed by atoms with van der Waals surface area (Å²) in [6, 6.07) is 13.5. The lowest BCUT2D eigenvalue weighted by atomic mass is 10.2. The molecule has 0 bridgehead atoms. The van der Waals surface area contributed by atoms with Crippen LogP contribution in [0.15, 0.2) is 69.9 Å². The van der Waals surface area contributed by atoms with Gasteiger partial charge in [-0.15, -0.1) is 0 Å². The minimum absolute atomic E-state index is 0.0120. The second-order valence-corrected chi connectivity index (χ2v) is 6.15. The van der Waals surface area contributed by atoms with Crippen LogP contribution in [0, 0.1) is 0 Å². The zero-order chi connectivity index (χ0) is 20.6. The molecule has 0 saturated heterocycles. The van der Waals surface area contributed by atoms with Crippen LogP contribution in [-0.2, 0) is 0 Å². The molecule has 0 atom stereocenters. The van der Waals surface area contributed by atoms with Gasteiger partial charge in [-0.05, 0) is 37.1 Å². The first-order valence-corrected chi connectivity index (χ1v) is 9.34. The minimum atomic E-state index is -0.721. The van der Waals surface area contributed by atoms with E-state index in [-0.39, 0.29) is 23.7 Å². The average Bonchev–Trinajstić information content (AvgIpc) is 2.75. The van der Waals surface area contributed by atoms with Crippen molar-refractivity contribution in [1.29, 1.82) is 0 Å². The highest BCUT2D eigenvalue weighted by Crippen LogP contribution is 2.39. The van der Waals surface area contributed by atoms with Crippen LogP contribution in [-0.4, -0.2) is 19.7 Å².